The summed E-state index contributed by atoms with van der Waals surface area (Å²) in [5.74, 6) is -0.527. The highest BCUT2D eigenvalue weighted by Gasteiger charge is 2.28. The number of hydrogen-bond acceptors (Lipinski definition) is 4. The molecular weight excluding hydrogens is 248 g/mol. The Morgan fingerprint density at radius 1 is 1.37 bits per heavy atom. The van der Waals surface area contributed by atoms with Gasteiger partial charge < -0.3 is 9.72 Å². The van der Waals surface area contributed by atoms with Gasteiger partial charge in [-0.1, -0.05) is 13.3 Å². The lowest BCUT2D eigenvalue weighted by molar-refractivity contribution is -0.149. The molecule has 1 aromatic heterocycles. The Balaban J connectivity index is 2.08. The predicted molar refractivity (Wildman–Crippen MR) is 69.1 cm³/mol. The van der Waals surface area contributed by atoms with Gasteiger partial charge in [-0.05, 0) is 25.7 Å². The first kappa shape index (κ1) is 13.6. The van der Waals surface area contributed by atoms with E-state index >= 15 is 0 Å². The maximum absolute atomic E-state index is 11.9. The Hall–Kier alpha value is -1.85. The van der Waals surface area contributed by atoms with Gasteiger partial charge >= 0.3 is 11.7 Å². The van der Waals surface area contributed by atoms with Crippen LogP contribution in [0.4, 0.5) is 0 Å². The van der Waals surface area contributed by atoms with Crippen LogP contribution >= 0.6 is 0 Å². The molecule has 0 radical (unpaired) electrons. The third kappa shape index (κ3) is 3.13. The summed E-state index contributed by atoms with van der Waals surface area (Å²) >= 11 is 0. The molecule has 0 amide bonds. The first-order valence-corrected chi connectivity index (χ1v) is 6.62. The molecular formula is C13H18N2O4. The van der Waals surface area contributed by atoms with Crippen molar-refractivity contribution in [3.63, 3.8) is 0 Å². The molecule has 0 aromatic carbocycles. The highest BCUT2D eigenvalue weighted by Crippen LogP contribution is 2.22. The van der Waals surface area contributed by atoms with E-state index < -0.39 is 11.2 Å². The summed E-state index contributed by atoms with van der Waals surface area (Å²) in [6, 6.07) is 0. The SMILES string of the molecule is CCCCOC(=O)C1CCc2[nH]c(=O)[nH]c(=O)c2C1. The number of hydrogen-bond donors (Lipinski definition) is 2. The molecule has 0 saturated carbocycles. The van der Waals surface area contributed by atoms with Gasteiger partial charge in [0.25, 0.3) is 5.56 Å². The number of rotatable bonds is 4. The van der Waals surface area contributed by atoms with Crippen molar-refractivity contribution in [2.45, 2.75) is 39.0 Å². The second-order valence-corrected chi connectivity index (χ2v) is 4.83. The molecule has 2 rings (SSSR count). The molecule has 0 saturated heterocycles. The van der Waals surface area contributed by atoms with Gasteiger partial charge in [-0.3, -0.25) is 14.6 Å². The molecule has 19 heavy (non-hydrogen) atoms. The largest absolute Gasteiger partial charge is 0.465 e. The molecule has 0 spiro atoms. The fourth-order valence-corrected chi connectivity index (χ4v) is 2.29. The van der Waals surface area contributed by atoms with Gasteiger partial charge in [-0.25, -0.2) is 4.79 Å². The molecule has 1 atom stereocenters. The highest BCUT2D eigenvalue weighted by atomic mass is 16.5. The number of esters is 1. The summed E-state index contributed by atoms with van der Waals surface area (Å²) < 4.78 is 5.18. The van der Waals surface area contributed by atoms with Gasteiger partial charge in [-0.2, -0.15) is 0 Å². The lowest BCUT2D eigenvalue weighted by Crippen LogP contribution is -2.34. The Morgan fingerprint density at radius 2 is 2.16 bits per heavy atom. The number of aromatic nitrogens is 2. The molecule has 2 N–H and O–H groups in total. The molecule has 0 fully saturated rings. The fourth-order valence-electron chi connectivity index (χ4n) is 2.29. The van der Waals surface area contributed by atoms with E-state index in [0.29, 0.717) is 37.1 Å². The van der Waals surface area contributed by atoms with Crippen molar-refractivity contribution in [3.8, 4) is 0 Å². The lowest BCUT2D eigenvalue weighted by atomic mass is 9.87. The van der Waals surface area contributed by atoms with Gasteiger partial charge in [0.15, 0.2) is 0 Å². The van der Waals surface area contributed by atoms with E-state index in [9.17, 15) is 14.4 Å². The minimum atomic E-state index is -0.493. The van der Waals surface area contributed by atoms with Crippen LogP contribution < -0.4 is 11.2 Å². The number of H-pyrrole nitrogens is 2. The van der Waals surface area contributed by atoms with E-state index in [2.05, 4.69) is 9.97 Å². The summed E-state index contributed by atoms with van der Waals surface area (Å²) in [6.45, 7) is 2.46. The standard InChI is InChI=1S/C13H18N2O4/c1-2-3-6-19-12(17)8-4-5-10-9(7-8)11(16)15-13(18)14-10/h8H,2-7H2,1H3,(H2,14,15,16,18). The molecule has 1 aromatic rings. The number of ether oxygens (including phenoxy) is 1. The van der Waals surface area contributed by atoms with Crippen molar-refractivity contribution in [1.29, 1.82) is 0 Å². The van der Waals surface area contributed by atoms with Crippen LogP contribution in [0.15, 0.2) is 9.59 Å². The zero-order valence-electron chi connectivity index (χ0n) is 11.0. The third-order valence-electron chi connectivity index (χ3n) is 3.40. The van der Waals surface area contributed by atoms with Crippen LogP contribution in [-0.4, -0.2) is 22.5 Å². The molecule has 6 nitrogen and oxygen atoms in total. The van der Waals surface area contributed by atoms with Crippen LogP contribution in [0.25, 0.3) is 0 Å². The molecule has 1 unspecified atom stereocenters. The van der Waals surface area contributed by atoms with E-state index in [1.165, 1.54) is 0 Å². The lowest BCUT2D eigenvalue weighted by Gasteiger charge is -2.21. The van der Waals surface area contributed by atoms with E-state index in [-0.39, 0.29) is 11.9 Å². The van der Waals surface area contributed by atoms with E-state index in [0.717, 1.165) is 12.8 Å². The van der Waals surface area contributed by atoms with Crippen LogP contribution in [0.5, 0.6) is 0 Å². The van der Waals surface area contributed by atoms with Gasteiger partial charge in [-0.15, -0.1) is 0 Å². The summed E-state index contributed by atoms with van der Waals surface area (Å²) in [7, 11) is 0. The second kappa shape index (κ2) is 5.86. The zero-order valence-corrected chi connectivity index (χ0v) is 11.0. The minimum Gasteiger partial charge on any atom is -0.465 e. The smallest absolute Gasteiger partial charge is 0.325 e. The normalized spacial score (nSPS) is 17.8. The van der Waals surface area contributed by atoms with Crippen LogP contribution in [0, 0.1) is 5.92 Å². The van der Waals surface area contributed by atoms with Gasteiger partial charge in [0.2, 0.25) is 0 Å². The second-order valence-electron chi connectivity index (χ2n) is 4.83. The maximum Gasteiger partial charge on any atom is 0.325 e. The van der Waals surface area contributed by atoms with Crippen LogP contribution in [0.2, 0.25) is 0 Å². The van der Waals surface area contributed by atoms with Gasteiger partial charge in [0.05, 0.1) is 12.5 Å². The van der Waals surface area contributed by atoms with Crippen molar-refractivity contribution >= 4 is 5.97 Å². The Morgan fingerprint density at radius 3 is 2.89 bits per heavy atom. The minimum absolute atomic E-state index is 0.246. The molecule has 0 aliphatic heterocycles. The predicted octanol–water partition coefficient (Wildman–Crippen LogP) is 0.511. The van der Waals surface area contributed by atoms with Crippen molar-refractivity contribution < 1.29 is 9.53 Å². The van der Waals surface area contributed by atoms with E-state index in [4.69, 9.17) is 4.74 Å². The molecule has 6 heteroatoms. The topological polar surface area (TPSA) is 92.0 Å². The van der Waals surface area contributed by atoms with Gasteiger partial charge in [0.1, 0.15) is 0 Å². The number of carbonyl (C=O) groups is 1. The van der Waals surface area contributed by atoms with Crippen LogP contribution in [-0.2, 0) is 22.4 Å². The average molecular weight is 266 g/mol. The van der Waals surface area contributed by atoms with Crippen molar-refractivity contribution in [2.24, 2.45) is 5.92 Å². The van der Waals surface area contributed by atoms with Crippen LogP contribution in [0.1, 0.15) is 37.4 Å². The number of aromatic amines is 2. The quantitative estimate of drug-likeness (QED) is 0.613. The summed E-state index contributed by atoms with van der Waals surface area (Å²) in [5, 5.41) is 0. The van der Waals surface area contributed by atoms with Crippen LogP contribution in [0.3, 0.4) is 0 Å². The van der Waals surface area contributed by atoms with Crippen molar-refractivity contribution in [2.75, 3.05) is 6.61 Å². The molecule has 1 aliphatic rings. The molecule has 104 valence electrons. The first-order valence-electron chi connectivity index (χ1n) is 6.62. The maximum atomic E-state index is 11.9. The molecule has 0 bridgehead atoms. The fraction of sp³-hybridized carbons (Fsp3) is 0.615. The Labute approximate surface area is 110 Å². The number of fused-ring (bicyclic) bond motifs is 1. The molecule has 1 aliphatic carbocycles. The highest BCUT2D eigenvalue weighted by molar-refractivity contribution is 5.73. The number of nitrogens with one attached hydrogen (secondary N) is 2. The number of aryl methyl sites for hydroxylation is 1. The van der Waals surface area contributed by atoms with E-state index in [1.807, 2.05) is 6.92 Å². The monoisotopic (exact) mass is 266 g/mol. The Bertz CT molecular complexity index is 573. The van der Waals surface area contributed by atoms with Crippen molar-refractivity contribution in [3.05, 3.63) is 32.1 Å². The average Bonchev–Trinajstić information content (AvgIpc) is 2.38. The van der Waals surface area contributed by atoms with Gasteiger partial charge in [0, 0.05) is 11.3 Å². The summed E-state index contributed by atoms with van der Waals surface area (Å²) in [5.41, 5.74) is 0.257. The summed E-state index contributed by atoms with van der Waals surface area (Å²) in [6.07, 6.45) is 3.30. The summed E-state index contributed by atoms with van der Waals surface area (Å²) in [4.78, 5) is 39.5. The zero-order chi connectivity index (χ0) is 13.8. The van der Waals surface area contributed by atoms with E-state index in [1.54, 1.807) is 0 Å². The van der Waals surface area contributed by atoms with Crippen molar-refractivity contribution in [1.82, 2.24) is 9.97 Å². The Kier molecular flexibility index (Phi) is 4.19. The molecule has 1 heterocycles. The first-order chi connectivity index (χ1) is 9.11. The number of carbonyl (C=O) groups excluding carboxylic acids is 1. The number of unbranched alkanes of at least 4 members (excludes halogenated alkanes) is 1. The third-order valence-corrected chi connectivity index (χ3v) is 3.40.